The molecule has 3 heteroatoms. The molecule has 1 N–H and O–H groups in total. The molecule has 0 aliphatic heterocycles. The van der Waals surface area contributed by atoms with Crippen LogP contribution in [0.1, 0.15) is 39.1 Å². The number of hydrogen-bond donors (Lipinski definition) is 1. The summed E-state index contributed by atoms with van der Waals surface area (Å²) < 4.78 is 5.71. The molecular weight excluding hydrogens is 250 g/mol. The molecule has 20 heavy (non-hydrogen) atoms. The van der Waals surface area contributed by atoms with Crippen LogP contribution < -0.4 is 0 Å². The fourth-order valence-corrected chi connectivity index (χ4v) is 2.57. The summed E-state index contributed by atoms with van der Waals surface area (Å²) in [7, 11) is 2.05. The van der Waals surface area contributed by atoms with Crippen molar-refractivity contribution < 1.29 is 9.52 Å². The van der Waals surface area contributed by atoms with Gasteiger partial charge in [-0.1, -0.05) is 32.0 Å². The van der Waals surface area contributed by atoms with Crippen molar-refractivity contribution in [3.05, 3.63) is 36.1 Å². The Morgan fingerprint density at radius 1 is 1.20 bits per heavy atom. The fourth-order valence-electron chi connectivity index (χ4n) is 2.57. The van der Waals surface area contributed by atoms with Crippen LogP contribution in [0.15, 0.2) is 34.7 Å². The molecule has 0 aliphatic rings. The van der Waals surface area contributed by atoms with E-state index in [-0.39, 0.29) is 0 Å². The van der Waals surface area contributed by atoms with Crippen molar-refractivity contribution in [3.8, 4) is 0 Å². The van der Waals surface area contributed by atoms with Gasteiger partial charge in [-0.05, 0) is 38.4 Å². The van der Waals surface area contributed by atoms with Crippen LogP contribution in [0.3, 0.4) is 0 Å². The first kappa shape index (κ1) is 15.1. The summed E-state index contributed by atoms with van der Waals surface area (Å²) in [5.41, 5.74) is 0.833. The van der Waals surface area contributed by atoms with E-state index in [2.05, 4.69) is 32.7 Å². The van der Waals surface area contributed by atoms with E-state index in [9.17, 15) is 5.11 Å². The van der Waals surface area contributed by atoms with E-state index >= 15 is 0 Å². The minimum Gasteiger partial charge on any atom is -0.458 e. The number of fused-ring (bicyclic) bond motifs is 1. The third-order valence-electron chi connectivity index (χ3n) is 3.80. The summed E-state index contributed by atoms with van der Waals surface area (Å²) in [5.74, 6) is 1.31. The minimum absolute atomic E-state index is 0.453. The summed E-state index contributed by atoms with van der Waals surface area (Å²) >= 11 is 0. The molecule has 3 nitrogen and oxygen atoms in total. The van der Waals surface area contributed by atoms with Gasteiger partial charge in [0.2, 0.25) is 0 Å². The number of aliphatic hydroxyl groups excluding tert-OH is 1. The van der Waals surface area contributed by atoms with Crippen LogP contribution in [-0.4, -0.2) is 29.6 Å². The van der Waals surface area contributed by atoms with E-state index in [4.69, 9.17) is 4.42 Å². The summed E-state index contributed by atoms with van der Waals surface area (Å²) in [6.07, 6.45) is 0.547. The highest BCUT2D eigenvalue weighted by Gasteiger charge is 2.19. The quantitative estimate of drug-likeness (QED) is 0.870. The Balaban J connectivity index is 2.02. The number of furan rings is 1. The third kappa shape index (κ3) is 3.62. The molecule has 0 radical (unpaired) electrons. The minimum atomic E-state index is -0.581. The molecule has 0 amide bonds. The molecule has 0 fully saturated rings. The number of para-hydroxylation sites is 1. The number of aliphatic hydroxyl groups is 1. The van der Waals surface area contributed by atoms with Gasteiger partial charge >= 0.3 is 0 Å². The maximum Gasteiger partial charge on any atom is 0.135 e. The molecule has 110 valence electrons. The van der Waals surface area contributed by atoms with Crippen molar-refractivity contribution in [1.29, 1.82) is 0 Å². The normalized spacial score (nSPS) is 15.2. The van der Waals surface area contributed by atoms with Gasteiger partial charge in [0.1, 0.15) is 17.4 Å². The van der Waals surface area contributed by atoms with E-state index in [1.165, 1.54) is 0 Å². The predicted octanol–water partition coefficient (Wildman–Crippen LogP) is 3.83. The molecule has 1 aromatic carbocycles. The summed E-state index contributed by atoms with van der Waals surface area (Å²) in [5, 5.41) is 11.4. The average Bonchev–Trinajstić information content (AvgIpc) is 2.81. The standard InChI is InChI=1S/C17H25NO2/c1-12(2)9-13(3)18(4)11-15(19)17-10-14-7-5-6-8-16(14)20-17/h5-8,10,12-13,15,19H,9,11H2,1-4H3. The van der Waals surface area contributed by atoms with E-state index < -0.39 is 6.10 Å². The van der Waals surface area contributed by atoms with E-state index in [1.807, 2.05) is 30.3 Å². The summed E-state index contributed by atoms with van der Waals surface area (Å²) in [6, 6.07) is 10.2. The lowest BCUT2D eigenvalue weighted by atomic mass is 10.0. The molecule has 2 aromatic rings. The summed E-state index contributed by atoms with van der Waals surface area (Å²) in [6.45, 7) is 7.24. The van der Waals surface area contributed by atoms with Crippen molar-refractivity contribution in [2.45, 2.75) is 39.3 Å². The second-order valence-corrected chi connectivity index (χ2v) is 6.12. The van der Waals surface area contributed by atoms with Crippen LogP contribution >= 0.6 is 0 Å². The van der Waals surface area contributed by atoms with Gasteiger partial charge < -0.3 is 14.4 Å². The highest BCUT2D eigenvalue weighted by molar-refractivity contribution is 5.77. The second kappa shape index (κ2) is 6.42. The Labute approximate surface area is 121 Å². The van der Waals surface area contributed by atoms with Crippen molar-refractivity contribution in [1.82, 2.24) is 4.90 Å². The number of rotatable bonds is 6. The van der Waals surface area contributed by atoms with Gasteiger partial charge in [-0.25, -0.2) is 0 Å². The number of likely N-dealkylation sites (N-methyl/N-ethyl adjacent to an activating group) is 1. The predicted molar refractivity (Wildman–Crippen MR) is 82.7 cm³/mol. The second-order valence-electron chi connectivity index (χ2n) is 6.12. The largest absolute Gasteiger partial charge is 0.458 e. The molecule has 2 unspecified atom stereocenters. The Morgan fingerprint density at radius 2 is 1.90 bits per heavy atom. The highest BCUT2D eigenvalue weighted by Crippen LogP contribution is 2.24. The Kier molecular flexibility index (Phi) is 4.84. The first-order chi connectivity index (χ1) is 9.47. The van der Waals surface area contributed by atoms with E-state index in [1.54, 1.807) is 0 Å². The first-order valence-electron chi connectivity index (χ1n) is 7.34. The molecule has 0 saturated carbocycles. The zero-order chi connectivity index (χ0) is 14.7. The van der Waals surface area contributed by atoms with Gasteiger partial charge in [0.15, 0.2) is 0 Å². The highest BCUT2D eigenvalue weighted by atomic mass is 16.4. The van der Waals surface area contributed by atoms with E-state index in [0.717, 1.165) is 17.4 Å². The van der Waals surface area contributed by atoms with Crippen LogP contribution in [0.25, 0.3) is 11.0 Å². The topological polar surface area (TPSA) is 36.6 Å². The smallest absolute Gasteiger partial charge is 0.135 e. The Morgan fingerprint density at radius 3 is 2.55 bits per heavy atom. The maximum atomic E-state index is 10.3. The molecule has 2 rings (SSSR count). The Bertz CT molecular complexity index is 514. The number of nitrogens with zero attached hydrogens (tertiary/aromatic N) is 1. The molecule has 0 bridgehead atoms. The molecular formula is C17H25NO2. The average molecular weight is 275 g/mol. The monoisotopic (exact) mass is 275 g/mol. The lowest BCUT2D eigenvalue weighted by molar-refractivity contribution is 0.0871. The van der Waals surface area contributed by atoms with Crippen LogP contribution in [0.5, 0.6) is 0 Å². The number of hydrogen-bond acceptors (Lipinski definition) is 3. The zero-order valence-electron chi connectivity index (χ0n) is 12.8. The Hall–Kier alpha value is -1.32. The fraction of sp³-hybridized carbons (Fsp3) is 0.529. The zero-order valence-corrected chi connectivity index (χ0v) is 12.8. The molecule has 2 atom stereocenters. The van der Waals surface area contributed by atoms with Crippen molar-refractivity contribution in [2.75, 3.05) is 13.6 Å². The lowest BCUT2D eigenvalue weighted by Crippen LogP contribution is -2.33. The van der Waals surface area contributed by atoms with Crippen LogP contribution in [0.4, 0.5) is 0 Å². The van der Waals surface area contributed by atoms with Gasteiger partial charge in [0.25, 0.3) is 0 Å². The van der Waals surface area contributed by atoms with Crippen molar-refractivity contribution >= 4 is 11.0 Å². The van der Waals surface area contributed by atoms with Gasteiger partial charge in [-0.2, -0.15) is 0 Å². The molecule has 1 heterocycles. The first-order valence-corrected chi connectivity index (χ1v) is 7.34. The van der Waals surface area contributed by atoms with E-state index in [0.29, 0.717) is 24.3 Å². The molecule has 0 saturated heterocycles. The molecule has 0 spiro atoms. The molecule has 1 aromatic heterocycles. The van der Waals surface area contributed by atoms with Crippen LogP contribution in [0, 0.1) is 5.92 Å². The van der Waals surface area contributed by atoms with Crippen LogP contribution in [0.2, 0.25) is 0 Å². The third-order valence-corrected chi connectivity index (χ3v) is 3.80. The van der Waals surface area contributed by atoms with Gasteiger partial charge in [-0.3, -0.25) is 0 Å². The van der Waals surface area contributed by atoms with Gasteiger partial charge in [0.05, 0.1) is 0 Å². The number of benzene rings is 1. The lowest BCUT2D eigenvalue weighted by Gasteiger charge is -2.27. The van der Waals surface area contributed by atoms with Gasteiger partial charge in [0, 0.05) is 18.0 Å². The summed E-state index contributed by atoms with van der Waals surface area (Å²) in [4.78, 5) is 2.19. The van der Waals surface area contributed by atoms with Gasteiger partial charge in [-0.15, -0.1) is 0 Å². The maximum absolute atomic E-state index is 10.3. The van der Waals surface area contributed by atoms with Crippen LogP contribution in [-0.2, 0) is 0 Å². The SMILES string of the molecule is CC(C)CC(C)N(C)CC(O)c1cc2ccccc2o1. The molecule has 0 aliphatic carbocycles. The van der Waals surface area contributed by atoms with Crippen molar-refractivity contribution in [3.63, 3.8) is 0 Å². The van der Waals surface area contributed by atoms with Crippen molar-refractivity contribution in [2.24, 2.45) is 5.92 Å².